The van der Waals surface area contributed by atoms with E-state index < -0.39 is 5.60 Å². The summed E-state index contributed by atoms with van der Waals surface area (Å²) in [5.74, 6) is 0.934. The third-order valence-corrected chi connectivity index (χ3v) is 6.80. The van der Waals surface area contributed by atoms with Gasteiger partial charge in [0.2, 0.25) is 0 Å². The molecule has 1 saturated carbocycles. The largest absolute Gasteiger partial charge is 0.390 e. The Morgan fingerprint density at radius 2 is 1.97 bits per heavy atom. The number of carbonyl (C=O) groups excluding carboxylic acids is 1. The highest BCUT2D eigenvalue weighted by atomic mass is 35.5. The van der Waals surface area contributed by atoms with Crippen LogP contribution in [0, 0.1) is 5.92 Å². The number of nitrogens with one attached hydrogen (secondary N) is 1. The van der Waals surface area contributed by atoms with E-state index in [4.69, 9.17) is 11.6 Å². The Kier molecular flexibility index (Phi) is 5.42. The van der Waals surface area contributed by atoms with Crippen molar-refractivity contribution in [2.24, 2.45) is 5.92 Å². The van der Waals surface area contributed by atoms with Crippen LogP contribution in [0.5, 0.6) is 0 Å². The van der Waals surface area contributed by atoms with Crippen molar-refractivity contribution in [2.45, 2.75) is 70.6 Å². The Hall–Kier alpha value is -1.92. The van der Waals surface area contributed by atoms with Gasteiger partial charge in [-0.05, 0) is 70.9 Å². The van der Waals surface area contributed by atoms with Crippen molar-refractivity contribution in [3.05, 3.63) is 28.9 Å². The van der Waals surface area contributed by atoms with E-state index in [0.717, 1.165) is 49.9 Å². The number of hydrogen-bond donors (Lipinski definition) is 2. The molecule has 1 atom stereocenters. The van der Waals surface area contributed by atoms with Crippen LogP contribution in [-0.2, 0) is 0 Å². The summed E-state index contributed by atoms with van der Waals surface area (Å²) in [4.78, 5) is 23.9. The molecule has 6 nitrogen and oxygen atoms in total. The number of fused-ring (bicyclic) bond motifs is 1. The minimum Gasteiger partial charge on any atom is -0.390 e. The fourth-order valence-electron chi connectivity index (χ4n) is 4.40. The molecule has 2 fully saturated rings. The topological polar surface area (TPSA) is 78.4 Å². The van der Waals surface area contributed by atoms with Gasteiger partial charge in [0, 0.05) is 30.2 Å². The van der Waals surface area contributed by atoms with Gasteiger partial charge in [-0.15, -0.1) is 0 Å². The Morgan fingerprint density at radius 1 is 1.24 bits per heavy atom. The van der Waals surface area contributed by atoms with Gasteiger partial charge in [-0.3, -0.25) is 4.79 Å². The fourth-order valence-corrected chi connectivity index (χ4v) is 4.67. The van der Waals surface area contributed by atoms with E-state index in [0.29, 0.717) is 22.3 Å². The lowest BCUT2D eigenvalue weighted by atomic mass is 9.77. The number of aromatic nitrogens is 2. The van der Waals surface area contributed by atoms with Gasteiger partial charge in [-0.25, -0.2) is 9.97 Å². The maximum Gasteiger partial charge on any atom is 0.253 e. The van der Waals surface area contributed by atoms with Gasteiger partial charge in [0.1, 0.15) is 5.82 Å². The number of halogens is 1. The average molecular weight is 417 g/mol. The molecular formula is C22H29ClN4O2. The summed E-state index contributed by atoms with van der Waals surface area (Å²) in [5, 5.41) is 14.7. The first-order chi connectivity index (χ1) is 13.7. The fraction of sp³-hybridized carbons (Fsp3) is 0.591. The summed E-state index contributed by atoms with van der Waals surface area (Å²) >= 11 is 6.46. The van der Waals surface area contributed by atoms with Crippen LogP contribution in [0.2, 0.25) is 5.02 Å². The summed E-state index contributed by atoms with van der Waals surface area (Å²) in [5.41, 5.74) is 0.465. The quantitative estimate of drug-likeness (QED) is 0.789. The molecule has 1 amide bonds. The van der Waals surface area contributed by atoms with Gasteiger partial charge in [0.15, 0.2) is 5.65 Å². The molecule has 0 spiro atoms. The van der Waals surface area contributed by atoms with Crippen LogP contribution in [0.15, 0.2) is 18.3 Å². The van der Waals surface area contributed by atoms with Crippen molar-refractivity contribution in [2.75, 3.05) is 11.4 Å². The second-order valence-electron chi connectivity index (χ2n) is 9.07. The minimum atomic E-state index is -0.657. The molecule has 3 heterocycles. The maximum atomic E-state index is 12.7. The first-order valence-electron chi connectivity index (χ1n) is 10.5. The normalized spacial score (nSPS) is 25.0. The molecule has 29 heavy (non-hydrogen) atoms. The summed E-state index contributed by atoms with van der Waals surface area (Å²) in [7, 11) is 0. The van der Waals surface area contributed by atoms with Crippen LogP contribution >= 0.6 is 11.6 Å². The van der Waals surface area contributed by atoms with Crippen molar-refractivity contribution in [1.29, 1.82) is 0 Å². The second-order valence-corrected chi connectivity index (χ2v) is 9.48. The molecule has 0 unspecified atom stereocenters. The smallest absolute Gasteiger partial charge is 0.253 e. The van der Waals surface area contributed by atoms with E-state index in [-0.39, 0.29) is 17.9 Å². The first kappa shape index (κ1) is 20.4. The number of hydrogen-bond acceptors (Lipinski definition) is 5. The van der Waals surface area contributed by atoms with Gasteiger partial charge in [-0.2, -0.15) is 0 Å². The zero-order valence-corrected chi connectivity index (χ0v) is 18.0. The van der Waals surface area contributed by atoms with Crippen molar-refractivity contribution in [3.8, 4) is 0 Å². The third kappa shape index (κ3) is 4.19. The van der Waals surface area contributed by atoms with Crippen molar-refractivity contribution in [1.82, 2.24) is 15.3 Å². The molecule has 0 radical (unpaired) electrons. The Balaban J connectivity index is 1.45. The van der Waals surface area contributed by atoms with Crippen LogP contribution in [0.3, 0.4) is 0 Å². The van der Waals surface area contributed by atoms with Crippen LogP contribution in [0.1, 0.15) is 63.2 Å². The summed E-state index contributed by atoms with van der Waals surface area (Å²) in [6.07, 6.45) is 6.33. The molecule has 0 bridgehead atoms. The number of amides is 1. The number of carbonyl (C=O) groups is 1. The molecule has 2 aliphatic rings. The maximum absolute atomic E-state index is 12.7. The molecule has 156 valence electrons. The molecule has 2 N–H and O–H groups in total. The lowest BCUT2D eigenvalue weighted by Crippen LogP contribution is -2.46. The molecule has 2 aromatic rings. The van der Waals surface area contributed by atoms with Crippen LogP contribution < -0.4 is 10.2 Å². The van der Waals surface area contributed by atoms with Crippen LogP contribution in [-0.4, -0.2) is 45.2 Å². The number of anilines is 1. The van der Waals surface area contributed by atoms with Crippen molar-refractivity contribution < 1.29 is 9.90 Å². The van der Waals surface area contributed by atoms with Crippen molar-refractivity contribution in [3.63, 3.8) is 0 Å². The van der Waals surface area contributed by atoms with Crippen molar-refractivity contribution >= 4 is 34.4 Å². The highest BCUT2D eigenvalue weighted by molar-refractivity contribution is 6.33. The number of aliphatic hydroxyl groups is 1. The monoisotopic (exact) mass is 416 g/mol. The van der Waals surface area contributed by atoms with E-state index in [2.05, 4.69) is 27.1 Å². The zero-order valence-electron chi connectivity index (χ0n) is 17.3. The Labute approximate surface area is 176 Å². The second kappa shape index (κ2) is 7.73. The molecule has 4 rings (SSSR count). The van der Waals surface area contributed by atoms with Crippen LogP contribution in [0.4, 0.5) is 5.82 Å². The van der Waals surface area contributed by atoms with Crippen LogP contribution in [0.25, 0.3) is 11.0 Å². The van der Waals surface area contributed by atoms with E-state index in [1.54, 1.807) is 6.20 Å². The number of pyridine rings is 2. The highest BCUT2D eigenvalue weighted by Crippen LogP contribution is 2.34. The number of nitrogens with zero attached hydrogens (tertiary/aromatic N) is 3. The summed E-state index contributed by atoms with van der Waals surface area (Å²) in [6, 6.07) is 4.23. The lowest BCUT2D eigenvalue weighted by molar-refractivity contribution is -0.00257. The highest BCUT2D eigenvalue weighted by Gasteiger charge is 2.32. The molecule has 1 aliphatic carbocycles. The third-order valence-electron chi connectivity index (χ3n) is 6.52. The first-order valence-corrected chi connectivity index (χ1v) is 10.9. The zero-order chi connectivity index (χ0) is 20.8. The van der Waals surface area contributed by atoms with E-state index in [9.17, 15) is 9.90 Å². The molecule has 1 saturated heterocycles. The molecule has 7 heteroatoms. The predicted octanol–water partition coefficient (Wildman–Crippen LogP) is 3.94. The van der Waals surface area contributed by atoms with E-state index >= 15 is 0 Å². The molecule has 0 aromatic carbocycles. The van der Waals surface area contributed by atoms with Gasteiger partial charge in [0.05, 0.1) is 16.2 Å². The minimum absolute atomic E-state index is 0.123. The lowest BCUT2D eigenvalue weighted by Gasteiger charge is -2.40. The summed E-state index contributed by atoms with van der Waals surface area (Å²) in [6.45, 7) is 6.84. The van der Waals surface area contributed by atoms with Gasteiger partial charge >= 0.3 is 0 Å². The Morgan fingerprint density at radius 3 is 2.55 bits per heavy atom. The van der Waals surface area contributed by atoms with E-state index in [1.807, 2.05) is 26.0 Å². The van der Waals surface area contributed by atoms with E-state index in [1.165, 1.54) is 0 Å². The average Bonchev–Trinajstić information content (AvgIpc) is 2.66. The van der Waals surface area contributed by atoms with Gasteiger partial charge in [-0.1, -0.05) is 11.6 Å². The predicted molar refractivity (Wildman–Crippen MR) is 115 cm³/mol. The summed E-state index contributed by atoms with van der Waals surface area (Å²) < 4.78 is 0. The molecule has 2 aromatic heterocycles. The molecular weight excluding hydrogens is 388 g/mol. The van der Waals surface area contributed by atoms with Gasteiger partial charge in [0.25, 0.3) is 5.91 Å². The molecule has 1 aliphatic heterocycles. The standard InChI is InChI=1S/C22H29ClN4O2/c1-13-8-9-27(13)20-18(23)11-14-10-15(12-24-19(14)26-20)21(28)25-17-6-4-16(5-7-17)22(2,3)29/h10-13,16-17,29H,4-9H2,1-3H3,(H,25,28)/t13-,16-,17-/m0/s1. The Bertz CT molecular complexity index is 919. The SMILES string of the molecule is C[C@H]1CCN1c1nc2ncc(C(=O)N[C@H]3CC[C@H](C(C)(C)O)CC3)cc2cc1Cl. The number of rotatable bonds is 4. The van der Waals surface area contributed by atoms with Gasteiger partial charge < -0.3 is 15.3 Å².